The summed E-state index contributed by atoms with van der Waals surface area (Å²) in [4.78, 5) is 12.0. The molecule has 87 valence electrons. The molecular weight excluding hydrogens is 204 g/mol. The van der Waals surface area contributed by atoms with Crippen LogP contribution >= 0.6 is 0 Å². The Bertz CT molecular complexity index is 348. The van der Waals surface area contributed by atoms with Gasteiger partial charge in [0.1, 0.15) is 12.7 Å². The lowest BCUT2D eigenvalue weighted by molar-refractivity contribution is -0.140. The maximum absolute atomic E-state index is 12.0. The molecule has 16 heavy (non-hydrogen) atoms. The molecule has 2 fully saturated rings. The van der Waals surface area contributed by atoms with Crippen molar-refractivity contribution in [3.63, 3.8) is 0 Å². The molecule has 0 bridgehead atoms. The molecule has 1 atom stereocenters. The lowest BCUT2D eigenvalue weighted by atomic mass is 9.97. The summed E-state index contributed by atoms with van der Waals surface area (Å²) in [6.07, 6.45) is 5.37. The third kappa shape index (κ3) is 1.67. The molecule has 1 aliphatic heterocycles. The fourth-order valence-corrected chi connectivity index (χ4v) is 2.68. The zero-order valence-corrected chi connectivity index (χ0v) is 9.46. The molecule has 0 amide bonds. The first kappa shape index (κ1) is 10.3. The van der Waals surface area contributed by atoms with Crippen LogP contribution in [0.4, 0.5) is 0 Å². The van der Waals surface area contributed by atoms with Gasteiger partial charge in [0.25, 0.3) is 0 Å². The Morgan fingerprint density at radius 1 is 1.50 bits per heavy atom. The quantitative estimate of drug-likeness (QED) is 0.538. The second-order valence-corrected chi connectivity index (χ2v) is 5.06. The van der Waals surface area contributed by atoms with Gasteiger partial charge in [0.05, 0.1) is 6.61 Å². The molecule has 1 saturated heterocycles. The third-order valence-corrected chi connectivity index (χ3v) is 3.95. The van der Waals surface area contributed by atoms with E-state index in [1.165, 1.54) is 5.57 Å². The summed E-state index contributed by atoms with van der Waals surface area (Å²) in [5.74, 6) is -0.107. The van der Waals surface area contributed by atoms with Crippen LogP contribution in [-0.2, 0) is 14.3 Å². The molecule has 1 saturated carbocycles. The van der Waals surface area contributed by atoms with Crippen molar-refractivity contribution in [2.24, 2.45) is 5.41 Å². The van der Waals surface area contributed by atoms with Crippen molar-refractivity contribution in [1.82, 2.24) is 0 Å². The molecule has 3 aliphatic rings. The van der Waals surface area contributed by atoms with Gasteiger partial charge in [0.15, 0.2) is 0 Å². The molecule has 3 nitrogen and oxygen atoms in total. The number of carbonyl (C=O) groups excluding carboxylic acids is 1. The molecule has 0 aromatic rings. The zero-order chi connectivity index (χ0) is 11.2. The summed E-state index contributed by atoms with van der Waals surface area (Å²) in [7, 11) is 0. The zero-order valence-electron chi connectivity index (χ0n) is 9.46. The van der Waals surface area contributed by atoms with Crippen LogP contribution in [0.25, 0.3) is 0 Å². The van der Waals surface area contributed by atoms with Crippen molar-refractivity contribution < 1.29 is 14.3 Å². The summed E-state index contributed by atoms with van der Waals surface area (Å²) < 4.78 is 10.3. The molecule has 2 aliphatic carbocycles. The van der Waals surface area contributed by atoms with Gasteiger partial charge in [-0.25, -0.2) is 4.79 Å². The second kappa shape index (κ2) is 3.59. The molecule has 1 unspecified atom stereocenters. The molecule has 1 spiro atoms. The largest absolute Gasteiger partial charge is 0.459 e. The third-order valence-electron chi connectivity index (χ3n) is 3.95. The molecule has 1 radical (unpaired) electrons. The molecule has 3 rings (SSSR count). The SMILES string of the molecule is [CH2]CC1=C(C(=O)OCC2CO2)C2(CC1)CC2. The fourth-order valence-electron chi connectivity index (χ4n) is 2.68. The Hall–Kier alpha value is -0.830. The normalized spacial score (nSPS) is 29.7. The highest BCUT2D eigenvalue weighted by Gasteiger charge is 2.53. The maximum atomic E-state index is 12.0. The average molecular weight is 221 g/mol. The monoisotopic (exact) mass is 221 g/mol. The highest BCUT2D eigenvalue weighted by molar-refractivity contribution is 5.92. The average Bonchev–Trinajstić information content (AvgIpc) is 3.14. The van der Waals surface area contributed by atoms with E-state index in [9.17, 15) is 4.79 Å². The number of hydrogen-bond acceptors (Lipinski definition) is 3. The van der Waals surface area contributed by atoms with Crippen molar-refractivity contribution in [2.45, 2.75) is 38.2 Å². The highest BCUT2D eigenvalue weighted by Crippen LogP contribution is 2.61. The van der Waals surface area contributed by atoms with E-state index in [2.05, 4.69) is 6.92 Å². The van der Waals surface area contributed by atoms with Gasteiger partial charge in [0, 0.05) is 11.0 Å². The van der Waals surface area contributed by atoms with Gasteiger partial charge in [0.2, 0.25) is 0 Å². The number of hydrogen-bond donors (Lipinski definition) is 0. The van der Waals surface area contributed by atoms with Gasteiger partial charge in [-0.15, -0.1) is 0 Å². The van der Waals surface area contributed by atoms with Crippen LogP contribution in [0.5, 0.6) is 0 Å². The number of carbonyl (C=O) groups is 1. The smallest absolute Gasteiger partial charge is 0.334 e. The van der Waals surface area contributed by atoms with E-state index in [1.807, 2.05) is 0 Å². The number of allylic oxidation sites excluding steroid dienone is 1. The van der Waals surface area contributed by atoms with Gasteiger partial charge < -0.3 is 9.47 Å². The lowest BCUT2D eigenvalue weighted by Crippen LogP contribution is -2.17. The standard InChI is InChI=1S/C13H17O3/c1-2-9-3-4-13(5-6-13)11(9)12(14)16-8-10-7-15-10/h10H,1-8H2. The van der Waals surface area contributed by atoms with Crippen LogP contribution in [0, 0.1) is 12.3 Å². The minimum Gasteiger partial charge on any atom is -0.459 e. The summed E-state index contributed by atoms with van der Waals surface area (Å²) in [5, 5.41) is 0. The van der Waals surface area contributed by atoms with E-state index >= 15 is 0 Å². The van der Waals surface area contributed by atoms with Gasteiger partial charge >= 0.3 is 5.97 Å². The molecule has 0 aromatic heterocycles. The van der Waals surface area contributed by atoms with Gasteiger partial charge in [-0.1, -0.05) is 5.57 Å². The van der Waals surface area contributed by atoms with Crippen LogP contribution < -0.4 is 0 Å². The number of epoxide rings is 1. The fraction of sp³-hybridized carbons (Fsp3) is 0.692. The Morgan fingerprint density at radius 2 is 2.25 bits per heavy atom. The van der Waals surface area contributed by atoms with Gasteiger partial charge in [-0.2, -0.15) is 0 Å². The summed E-state index contributed by atoms with van der Waals surface area (Å²) >= 11 is 0. The van der Waals surface area contributed by atoms with Gasteiger partial charge in [-0.3, -0.25) is 0 Å². The molecule has 1 heterocycles. The summed E-state index contributed by atoms with van der Waals surface area (Å²) in [6, 6.07) is 0. The van der Waals surface area contributed by atoms with Crippen LogP contribution in [0.2, 0.25) is 0 Å². The predicted molar refractivity (Wildman–Crippen MR) is 58.6 cm³/mol. The highest BCUT2D eigenvalue weighted by atomic mass is 16.6. The lowest BCUT2D eigenvalue weighted by Gasteiger charge is -2.12. The van der Waals surface area contributed by atoms with Crippen LogP contribution in [0.1, 0.15) is 32.1 Å². The van der Waals surface area contributed by atoms with Crippen molar-refractivity contribution in [3.05, 3.63) is 18.1 Å². The minimum absolute atomic E-state index is 0.107. The van der Waals surface area contributed by atoms with Crippen LogP contribution in [-0.4, -0.2) is 25.3 Å². The second-order valence-electron chi connectivity index (χ2n) is 5.06. The van der Waals surface area contributed by atoms with Crippen LogP contribution in [0.3, 0.4) is 0 Å². The number of ether oxygens (including phenoxy) is 2. The van der Waals surface area contributed by atoms with Crippen molar-refractivity contribution in [1.29, 1.82) is 0 Å². The predicted octanol–water partition coefficient (Wildman–Crippen LogP) is 2.02. The molecule has 3 heteroatoms. The Morgan fingerprint density at radius 3 is 2.81 bits per heavy atom. The van der Waals surface area contributed by atoms with Gasteiger partial charge in [-0.05, 0) is 39.0 Å². The van der Waals surface area contributed by atoms with E-state index in [0.29, 0.717) is 6.61 Å². The van der Waals surface area contributed by atoms with E-state index in [-0.39, 0.29) is 17.5 Å². The summed E-state index contributed by atoms with van der Waals surface area (Å²) in [5.41, 5.74) is 2.37. The molecule has 0 aromatic carbocycles. The first-order valence-electron chi connectivity index (χ1n) is 6.06. The number of rotatable bonds is 4. The van der Waals surface area contributed by atoms with Crippen molar-refractivity contribution >= 4 is 5.97 Å². The van der Waals surface area contributed by atoms with Crippen molar-refractivity contribution in [3.8, 4) is 0 Å². The Kier molecular flexibility index (Phi) is 2.32. The van der Waals surface area contributed by atoms with E-state index in [4.69, 9.17) is 9.47 Å². The Labute approximate surface area is 95.8 Å². The van der Waals surface area contributed by atoms with E-state index in [0.717, 1.165) is 44.3 Å². The van der Waals surface area contributed by atoms with E-state index in [1.54, 1.807) is 0 Å². The van der Waals surface area contributed by atoms with Crippen molar-refractivity contribution in [2.75, 3.05) is 13.2 Å². The first-order valence-corrected chi connectivity index (χ1v) is 6.06. The Balaban J connectivity index is 1.71. The minimum atomic E-state index is -0.107. The molecular formula is C13H17O3. The first-order chi connectivity index (χ1) is 7.75. The topological polar surface area (TPSA) is 38.8 Å². The molecule has 0 N–H and O–H groups in total. The van der Waals surface area contributed by atoms with E-state index < -0.39 is 0 Å². The number of esters is 1. The maximum Gasteiger partial charge on any atom is 0.334 e. The summed E-state index contributed by atoms with van der Waals surface area (Å²) in [6.45, 7) is 5.07. The van der Waals surface area contributed by atoms with Crippen LogP contribution in [0.15, 0.2) is 11.1 Å².